The number of Topliss-reactive ketones (excluding diaryl/α,β-unsaturated/α-hetero) is 1. The molecule has 0 saturated carbocycles. The molecule has 1 atom stereocenters. The number of hydrogen-bond donors (Lipinski definition) is 1. The van der Waals surface area contributed by atoms with Gasteiger partial charge >= 0.3 is 0 Å². The predicted molar refractivity (Wildman–Crippen MR) is 132 cm³/mol. The Balaban J connectivity index is 1.67. The quantitative estimate of drug-likeness (QED) is 0.243. The van der Waals surface area contributed by atoms with E-state index in [9.17, 15) is 14.7 Å². The minimum Gasteiger partial charge on any atom is -0.507 e. The molecule has 176 valence electrons. The number of halogens is 1. The van der Waals surface area contributed by atoms with Crippen molar-refractivity contribution in [1.82, 2.24) is 14.5 Å². The number of carbonyl (C=O) groups is 2. The van der Waals surface area contributed by atoms with Crippen LogP contribution in [0.4, 0.5) is 0 Å². The molecule has 1 saturated heterocycles. The summed E-state index contributed by atoms with van der Waals surface area (Å²) in [6.07, 6.45) is 6.80. The molecule has 4 rings (SSSR count). The van der Waals surface area contributed by atoms with Gasteiger partial charge in [-0.1, -0.05) is 35.0 Å². The number of aryl methyl sites for hydroxylation is 1. The van der Waals surface area contributed by atoms with E-state index in [0.29, 0.717) is 37.4 Å². The first-order valence-electron chi connectivity index (χ1n) is 11.2. The monoisotopic (exact) mass is 523 g/mol. The molecule has 0 aliphatic carbocycles. The second-order valence-corrected chi connectivity index (χ2v) is 8.99. The molecule has 8 heteroatoms. The lowest BCUT2D eigenvalue weighted by molar-refractivity contribution is -0.139. The summed E-state index contributed by atoms with van der Waals surface area (Å²) in [7, 11) is 0. The topological polar surface area (TPSA) is 84.7 Å². The lowest BCUT2D eigenvalue weighted by Crippen LogP contribution is -2.31. The Morgan fingerprint density at radius 1 is 1.09 bits per heavy atom. The normalized spacial score (nSPS) is 17.4. The van der Waals surface area contributed by atoms with Crippen LogP contribution in [0.5, 0.6) is 5.75 Å². The molecule has 0 unspecified atom stereocenters. The zero-order valence-electron chi connectivity index (χ0n) is 18.9. The van der Waals surface area contributed by atoms with Crippen LogP contribution in [-0.2, 0) is 16.1 Å². The van der Waals surface area contributed by atoms with E-state index in [1.807, 2.05) is 42.0 Å². The first-order chi connectivity index (χ1) is 16.5. The highest BCUT2D eigenvalue weighted by atomic mass is 79.9. The summed E-state index contributed by atoms with van der Waals surface area (Å²) in [5, 5.41) is 11.2. The Kier molecular flexibility index (Phi) is 7.47. The van der Waals surface area contributed by atoms with Crippen LogP contribution in [0.15, 0.2) is 77.3 Å². The van der Waals surface area contributed by atoms with Crippen molar-refractivity contribution in [3.8, 4) is 5.75 Å². The number of nitrogens with zero attached hydrogens (tertiary/aromatic N) is 3. The number of ketones is 1. The molecule has 1 N–H and O–H groups in total. The maximum atomic E-state index is 13.1. The van der Waals surface area contributed by atoms with Gasteiger partial charge in [0.25, 0.3) is 11.7 Å². The molecule has 1 fully saturated rings. The number of imidazole rings is 1. The number of amides is 1. The minimum atomic E-state index is -0.681. The van der Waals surface area contributed by atoms with Crippen molar-refractivity contribution < 1.29 is 19.4 Å². The number of likely N-dealkylation sites (tertiary alicyclic amines) is 1. The van der Waals surface area contributed by atoms with Gasteiger partial charge in [0.2, 0.25) is 0 Å². The molecular formula is C26H26BrN3O4. The average Bonchev–Trinajstić information content (AvgIpc) is 3.45. The fourth-order valence-corrected chi connectivity index (χ4v) is 4.29. The molecule has 2 aromatic carbocycles. The number of rotatable bonds is 9. The molecule has 3 aromatic rings. The number of ether oxygens (including phenoxy) is 1. The standard InChI is InChI=1S/C26H26BrN3O4/c1-2-16-34-21-10-6-19(7-11-21)24(31)22-23(18-4-8-20(27)9-5-18)30(26(33)25(22)32)14-3-13-29-15-12-28-17-29/h4-12,15,17,23,31H,2-3,13-14,16H2,1H3/b24-22+/t23-/m0/s1. The van der Waals surface area contributed by atoms with Crippen LogP contribution in [0.1, 0.15) is 36.9 Å². The van der Waals surface area contributed by atoms with Crippen molar-refractivity contribution in [2.75, 3.05) is 13.2 Å². The summed E-state index contributed by atoms with van der Waals surface area (Å²) < 4.78 is 8.42. The van der Waals surface area contributed by atoms with E-state index >= 15 is 0 Å². The van der Waals surface area contributed by atoms with E-state index in [1.54, 1.807) is 41.7 Å². The lowest BCUT2D eigenvalue weighted by atomic mass is 9.95. The summed E-state index contributed by atoms with van der Waals surface area (Å²) in [5.74, 6) is -0.796. The first kappa shape index (κ1) is 23.8. The molecule has 7 nitrogen and oxygen atoms in total. The number of aliphatic hydroxyl groups is 1. The summed E-state index contributed by atoms with van der Waals surface area (Å²) in [5.41, 5.74) is 1.31. The molecule has 0 radical (unpaired) electrons. The Bertz CT molecular complexity index is 1170. The Morgan fingerprint density at radius 2 is 1.82 bits per heavy atom. The average molecular weight is 524 g/mol. The zero-order valence-corrected chi connectivity index (χ0v) is 20.4. The van der Waals surface area contributed by atoms with E-state index in [0.717, 1.165) is 16.5 Å². The largest absolute Gasteiger partial charge is 0.507 e. The third kappa shape index (κ3) is 5.07. The molecule has 0 bridgehead atoms. The van der Waals surface area contributed by atoms with Crippen molar-refractivity contribution in [3.63, 3.8) is 0 Å². The first-order valence-corrected chi connectivity index (χ1v) is 12.0. The summed E-state index contributed by atoms with van der Waals surface area (Å²) >= 11 is 3.43. The van der Waals surface area contributed by atoms with Crippen LogP contribution in [0.2, 0.25) is 0 Å². The number of carbonyl (C=O) groups excluding carboxylic acids is 2. The van der Waals surface area contributed by atoms with Crippen molar-refractivity contribution in [3.05, 3.63) is 88.4 Å². The number of benzene rings is 2. The highest BCUT2D eigenvalue weighted by Crippen LogP contribution is 2.40. The van der Waals surface area contributed by atoms with Crippen LogP contribution in [0.25, 0.3) is 5.76 Å². The van der Waals surface area contributed by atoms with Crippen LogP contribution < -0.4 is 4.74 Å². The third-order valence-corrected chi connectivity index (χ3v) is 6.23. The molecule has 1 aliphatic heterocycles. The van der Waals surface area contributed by atoms with E-state index in [4.69, 9.17) is 4.74 Å². The van der Waals surface area contributed by atoms with Crippen molar-refractivity contribution >= 4 is 33.4 Å². The second kappa shape index (κ2) is 10.7. The van der Waals surface area contributed by atoms with Gasteiger partial charge in [-0.05, 0) is 54.8 Å². The van der Waals surface area contributed by atoms with Crippen LogP contribution in [-0.4, -0.2) is 44.4 Å². The Labute approximate surface area is 206 Å². The van der Waals surface area contributed by atoms with Gasteiger partial charge < -0.3 is 19.3 Å². The van der Waals surface area contributed by atoms with Gasteiger partial charge in [-0.15, -0.1) is 0 Å². The number of aliphatic hydroxyl groups excluding tert-OH is 1. The van der Waals surface area contributed by atoms with E-state index in [1.165, 1.54) is 0 Å². The zero-order chi connectivity index (χ0) is 24.1. The van der Waals surface area contributed by atoms with E-state index in [-0.39, 0.29) is 11.3 Å². The molecule has 1 aromatic heterocycles. The molecule has 2 heterocycles. The SMILES string of the molecule is CCCOc1ccc(/C(O)=C2\C(=O)C(=O)N(CCCn3ccnc3)[C@H]2c2ccc(Br)cc2)cc1. The smallest absolute Gasteiger partial charge is 0.295 e. The number of aromatic nitrogens is 2. The summed E-state index contributed by atoms with van der Waals surface area (Å²) in [6.45, 7) is 3.65. The molecule has 0 spiro atoms. The van der Waals surface area contributed by atoms with Gasteiger partial charge in [0.05, 0.1) is 24.5 Å². The highest BCUT2D eigenvalue weighted by Gasteiger charge is 2.45. The lowest BCUT2D eigenvalue weighted by Gasteiger charge is -2.25. The molecular weight excluding hydrogens is 498 g/mol. The van der Waals surface area contributed by atoms with Crippen molar-refractivity contribution in [2.45, 2.75) is 32.4 Å². The molecule has 1 amide bonds. The maximum Gasteiger partial charge on any atom is 0.295 e. The highest BCUT2D eigenvalue weighted by molar-refractivity contribution is 9.10. The van der Waals surface area contributed by atoms with Crippen molar-refractivity contribution in [2.24, 2.45) is 0 Å². The van der Waals surface area contributed by atoms with Gasteiger partial charge in [-0.25, -0.2) is 4.98 Å². The van der Waals surface area contributed by atoms with Crippen molar-refractivity contribution in [1.29, 1.82) is 0 Å². The van der Waals surface area contributed by atoms with Gasteiger partial charge in [-0.2, -0.15) is 0 Å². The minimum absolute atomic E-state index is 0.0946. The molecule has 1 aliphatic rings. The third-order valence-electron chi connectivity index (χ3n) is 5.70. The predicted octanol–water partition coefficient (Wildman–Crippen LogP) is 4.95. The fraction of sp³-hybridized carbons (Fsp3) is 0.269. The van der Waals surface area contributed by atoms with Crippen LogP contribution in [0.3, 0.4) is 0 Å². The Hall–Kier alpha value is -3.39. The van der Waals surface area contributed by atoms with E-state index < -0.39 is 17.7 Å². The molecule has 34 heavy (non-hydrogen) atoms. The van der Waals surface area contributed by atoms with Gasteiger partial charge in [0.15, 0.2) is 0 Å². The van der Waals surface area contributed by atoms with Crippen LogP contribution >= 0.6 is 15.9 Å². The van der Waals surface area contributed by atoms with E-state index in [2.05, 4.69) is 20.9 Å². The summed E-state index contributed by atoms with van der Waals surface area (Å²) in [4.78, 5) is 31.8. The van der Waals surface area contributed by atoms with Crippen LogP contribution in [0, 0.1) is 0 Å². The maximum absolute atomic E-state index is 13.1. The Morgan fingerprint density at radius 3 is 2.47 bits per heavy atom. The number of hydrogen-bond acceptors (Lipinski definition) is 5. The van der Waals surface area contributed by atoms with Gasteiger partial charge in [-0.3, -0.25) is 9.59 Å². The fourth-order valence-electron chi connectivity index (χ4n) is 4.03. The van der Waals surface area contributed by atoms with Gasteiger partial charge in [0.1, 0.15) is 11.5 Å². The van der Waals surface area contributed by atoms with Gasteiger partial charge in [0, 0.05) is 35.5 Å². The summed E-state index contributed by atoms with van der Waals surface area (Å²) in [6, 6.07) is 13.7. The second-order valence-electron chi connectivity index (χ2n) is 8.07.